The third-order valence-electron chi connectivity index (χ3n) is 4.65. The first-order chi connectivity index (χ1) is 13.6. The van der Waals surface area contributed by atoms with Gasteiger partial charge in [-0.25, -0.2) is 0 Å². The maximum absolute atomic E-state index is 11.4. The van der Waals surface area contributed by atoms with Crippen molar-refractivity contribution in [1.82, 2.24) is 4.98 Å². The monoisotopic (exact) mass is 398 g/mol. The van der Waals surface area contributed by atoms with Crippen LogP contribution in [0.1, 0.15) is 51.0 Å². The number of hydrogen-bond donors (Lipinski definition) is 2. The molecule has 0 aliphatic heterocycles. The second kappa shape index (κ2) is 11.3. The van der Waals surface area contributed by atoms with Crippen molar-refractivity contribution in [1.29, 1.82) is 0 Å². The van der Waals surface area contributed by atoms with Gasteiger partial charge >= 0.3 is 0 Å². The van der Waals surface area contributed by atoms with Crippen molar-refractivity contribution in [3.63, 3.8) is 0 Å². The van der Waals surface area contributed by atoms with Gasteiger partial charge in [0.15, 0.2) is 0 Å². The molecule has 3 rings (SSSR count). The Morgan fingerprint density at radius 2 is 1.68 bits per heavy atom. The Balaban J connectivity index is 0.000000203. The molecule has 4 nitrogen and oxygen atoms in total. The molecule has 2 N–H and O–H groups in total. The Morgan fingerprint density at radius 1 is 1.00 bits per heavy atom. The molecule has 1 heterocycles. The van der Waals surface area contributed by atoms with Gasteiger partial charge in [0.1, 0.15) is 0 Å². The van der Waals surface area contributed by atoms with E-state index in [1.807, 2.05) is 0 Å². The van der Waals surface area contributed by atoms with Gasteiger partial charge in [-0.05, 0) is 42.5 Å². The van der Waals surface area contributed by atoms with Gasteiger partial charge in [-0.2, -0.15) is 0 Å². The number of H-pyrrole nitrogens is 1. The minimum absolute atomic E-state index is 0.202. The second-order valence-electron chi connectivity index (χ2n) is 6.64. The number of halogens is 1. The van der Waals surface area contributed by atoms with Gasteiger partial charge < -0.3 is 10.3 Å². The summed E-state index contributed by atoms with van der Waals surface area (Å²) in [4.78, 5) is 24.2. The topological polar surface area (TPSA) is 62.0 Å². The van der Waals surface area contributed by atoms with E-state index in [4.69, 9.17) is 11.6 Å². The molecule has 0 bridgehead atoms. The summed E-state index contributed by atoms with van der Waals surface area (Å²) in [7, 11) is 0. The standard InChI is InChI=1S/C13H20.C10H7ClN2O2/c1-3-8-12(9-4-2)13-10-6-5-7-11-13;11-9-6-3-4-12-10(15)7(6)1-2-8(9)13-5-14/h5-7,10-12H,3-4,8-9H2,1-2H3;1-5H,(H,12,15)(H,13,14). The minimum atomic E-state index is -0.202. The molecule has 3 aromatic rings. The molecular formula is C23H27ClN2O2. The molecule has 0 aliphatic carbocycles. The first kappa shape index (κ1) is 21.7. The molecule has 0 unspecified atom stereocenters. The average Bonchev–Trinajstić information content (AvgIpc) is 2.72. The zero-order chi connectivity index (χ0) is 20.4. The zero-order valence-corrected chi connectivity index (χ0v) is 17.1. The van der Waals surface area contributed by atoms with E-state index >= 15 is 0 Å². The first-order valence-corrected chi connectivity index (χ1v) is 10.0. The van der Waals surface area contributed by atoms with Crippen LogP contribution in [0, 0.1) is 0 Å². The second-order valence-corrected chi connectivity index (χ2v) is 7.02. The van der Waals surface area contributed by atoms with Gasteiger partial charge in [0, 0.05) is 17.0 Å². The lowest BCUT2D eigenvalue weighted by Gasteiger charge is -2.15. The molecule has 148 valence electrons. The number of rotatable bonds is 7. The van der Waals surface area contributed by atoms with Gasteiger partial charge in [0.2, 0.25) is 6.41 Å². The summed E-state index contributed by atoms with van der Waals surface area (Å²) in [6, 6.07) is 15.8. The smallest absolute Gasteiger partial charge is 0.255 e. The fourth-order valence-corrected chi connectivity index (χ4v) is 3.59. The summed E-state index contributed by atoms with van der Waals surface area (Å²) < 4.78 is 0. The number of nitrogens with one attached hydrogen (secondary N) is 2. The molecular weight excluding hydrogens is 372 g/mol. The average molecular weight is 399 g/mol. The summed E-state index contributed by atoms with van der Waals surface area (Å²) in [5.41, 5.74) is 1.81. The fraction of sp³-hybridized carbons (Fsp3) is 0.304. The summed E-state index contributed by atoms with van der Waals surface area (Å²) in [5.74, 6) is 0.788. The van der Waals surface area contributed by atoms with E-state index in [0.29, 0.717) is 27.9 Å². The van der Waals surface area contributed by atoms with Crippen molar-refractivity contribution in [2.24, 2.45) is 0 Å². The largest absolute Gasteiger partial charge is 0.329 e. The van der Waals surface area contributed by atoms with Crippen LogP contribution < -0.4 is 10.9 Å². The molecule has 0 fully saturated rings. The number of hydrogen-bond acceptors (Lipinski definition) is 2. The molecule has 5 heteroatoms. The van der Waals surface area contributed by atoms with Crippen LogP contribution in [-0.4, -0.2) is 11.4 Å². The molecule has 28 heavy (non-hydrogen) atoms. The van der Waals surface area contributed by atoms with Crippen molar-refractivity contribution >= 4 is 34.5 Å². The van der Waals surface area contributed by atoms with Crippen molar-refractivity contribution in [3.05, 3.63) is 75.7 Å². The predicted molar refractivity (Wildman–Crippen MR) is 118 cm³/mol. The van der Waals surface area contributed by atoms with E-state index in [-0.39, 0.29) is 5.56 Å². The molecule has 1 aromatic heterocycles. The van der Waals surface area contributed by atoms with Crippen LogP contribution in [0.3, 0.4) is 0 Å². The summed E-state index contributed by atoms with van der Waals surface area (Å²) >= 11 is 6.02. The van der Waals surface area contributed by atoms with Gasteiger partial charge in [-0.15, -0.1) is 0 Å². The number of amides is 1. The minimum Gasteiger partial charge on any atom is -0.329 e. The highest BCUT2D eigenvalue weighted by Gasteiger charge is 2.08. The number of anilines is 1. The number of benzene rings is 2. The maximum Gasteiger partial charge on any atom is 0.255 e. The van der Waals surface area contributed by atoms with Gasteiger partial charge in [0.05, 0.1) is 10.7 Å². The fourth-order valence-electron chi connectivity index (χ4n) is 3.31. The first-order valence-electron chi connectivity index (χ1n) is 9.67. The van der Waals surface area contributed by atoms with Crippen molar-refractivity contribution < 1.29 is 4.79 Å². The van der Waals surface area contributed by atoms with E-state index in [1.54, 1.807) is 18.2 Å². The van der Waals surface area contributed by atoms with Gasteiger partial charge in [-0.1, -0.05) is 68.6 Å². The Morgan fingerprint density at radius 3 is 2.29 bits per heavy atom. The molecule has 0 spiro atoms. The van der Waals surface area contributed by atoms with Crippen LogP contribution >= 0.6 is 11.6 Å². The highest BCUT2D eigenvalue weighted by molar-refractivity contribution is 6.38. The van der Waals surface area contributed by atoms with Gasteiger partial charge in [-0.3, -0.25) is 9.59 Å². The Bertz CT molecular complexity index is 932. The molecule has 1 amide bonds. The van der Waals surface area contributed by atoms with E-state index in [9.17, 15) is 9.59 Å². The highest BCUT2D eigenvalue weighted by Crippen LogP contribution is 2.28. The lowest BCUT2D eigenvalue weighted by molar-refractivity contribution is -0.105. The Kier molecular flexibility index (Phi) is 8.76. The number of fused-ring (bicyclic) bond motifs is 1. The molecule has 0 saturated heterocycles. The van der Waals surface area contributed by atoms with E-state index in [2.05, 4.69) is 54.5 Å². The summed E-state index contributed by atoms with van der Waals surface area (Å²) in [5, 5.41) is 3.95. The van der Waals surface area contributed by atoms with Crippen LogP contribution in [0.25, 0.3) is 10.8 Å². The molecule has 0 saturated carbocycles. The van der Waals surface area contributed by atoms with E-state index in [1.165, 1.54) is 37.4 Å². The van der Waals surface area contributed by atoms with Crippen LogP contribution in [-0.2, 0) is 4.79 Å². The SMILES string of the molecule is CCCC(CCC)c1ccccc1.O=CNc1ccc2c(=O)[nH]ccc2c1Cl. The van der Waals surface area contributed by atoms with Crippen LogP contribution in [0.5, 0.6) is 0 Å². The Labute approximate surface area is 170 Å². The van der Waals surface area contributed by atoms with Gasteiger partial charge in [0.25, 0.3) is 5.56 Å². The van der Waals surface area contributed by atoms with Crippen LogP contribution in [0.4, 0.5) is 5.69 Å². The maximum atomic E-state index is 11.4. The van der Waals surface area contributed by atoms with Crippen molar-refractivity contribution in [2.45, 2.75) is 45.4 Å². The quantitative estimate of drug-likeness (QED) is 0.471. The molecule has 2 aromatic carbocycles. The number of aromatic nitrogens is 1. The normalized spacial score (nSPS) is 10.4. The van der Waals surface area contributed by atoms with E-state index < -0.39 is 0 Å². The lowest BCUT2D eigenvalue weighted by atomic mass is 9.91. The number of carbonyl (C=O) groups is 1. The highest BCUT2D eigenvalue weighted by atomic mass is 35.5. The lowest BCUT2D eigenvalue weighted by Crippen LogP contribution is -2.05. The third-order valence-corrected chi connectivity index (χ3v) is 5.06. The number of carbonyl (C=O) groups excluding carboxylic acids is 1. The number of aromatic amines is 1. The predicted octanol–water partition coefficient (Wildman–Crippen LogP) is 6.12. The van der Waals surface area contributed by atoms with Crippen molar-refractivity contribution in [3.8, 4) is 0 Å². The van der Waals surface area contributed by atoms with Crippen molar-refractivity contribution in [2.75, 3.05) is 5.32 Å². The molecule has 0 radical (unpaired) electrons. The summed E-state index contributed by atoms with van der Waals surface area (Å²) in [6.07, 6.45) is 7.30. The third kappa shape index (κ3) is 5.70. The zero-order valence-electron chi connectivity index (χ0n) is 16.4. The Hall–Kier alpha value is -2.59. The number of pyridine rings is 1. The van der Waals surface area contributed by atoms with Crippen LogP contribution in [0.2, 0.25) is 5.02 Å². The molecule has 0 aliphatic rings. The molecule has 0 atom stereocenters. The van der Waals surface area contributed by atoms with Crippen LogP contribution in [0.15, 0.2) is 59.5 Å². The summed E-state index contributed by atoms with van der Waals surface area (Å²) in [6.45, 7) is 4.54. The van der Waals surface area contributed by atoms with E-state index in [0.717, 1.165) is 5.92 Å².